The second-order valence-electron chi connectivity index (χ2n) is 7.07. The smallest absolute Gasteiger partial charge is 0.264 e. The van der Waals surface area contributed by atoms with Gasteiger partial charge in [-0.25, -0.2) is 10.1 Å². The zero-order valence-electron chi connectivity index (χ0n) is 17.7. The minimum Gasteiger partial charge on any atom is -0.488 e. The van der Waals surface area contributed by atoms with Gasteiger partial charge in [-0.1, -0.05) is 78.5 Å². The van der Waals surface area contributed by atoms with Crippen LogP contribution in [0.5, 0.6) is 5.75 Å². The number of nitrogens with zero attached hydrogens (tertiary/aromatic N) is 4. The Balaban J connectivity index is 1.37. The second-order valence-corrected chi connectivity index (χ2v) is 8.02. The summed E-state index contributed by atoms with van der Waals surface area (Å²) >= 11 is 1.52. The van der Waals surface area contributed by atoms with Crippen molar-refractivity contribution in [3.63, 3.8) is 0 Å². The number of hydrogen-bond acceptors (Lipinski definition) is 7. The highest BCUT2D eigenvalue weighted by Crippen LogP contribution is 2.23. The Hall–Kier alpha value is -3.78. The lowest BCUT2D eigenvalue weighted by Crippen LogP contribution is -2.13. The first-order valence-electron chi connectivity index (χ1n) is 10.1. The highest BCUT2D eigenvalue weighted by Gasteiger charge is 2.10. The van der Waals surface area contributed by atoms with Crippen LogP contribution in [0.4, 0.5) is 5.95 Å². The number of hydrogen-bond donors (Lipinski definition) is 2. The highest BCUT2D eigenvalue weighted by atomic mass is 32.2. The molecule has 0 spiro atoms. The van der Waals surface area contributed by atoms with Gasteiger partial charge in [0.25, 0.3) is 5.95 Å². The summed E-state index contributed by atoms with van der Waals surface area (Å²) in [7, 11) is 0. The molecule has 3 aromatic carbocycles. The quantitative estimate of drug-likeness (QED) is 0.169. The fraction of sp³-hybridized carbons (Fsp3) is 0.125. The van der Waals surface area contributed by atoms with E-state index in [9.17, 15) is 0 Å². The zero-order valence-corrected chi connectivity index (χ0v) is 18.5. The van der Waals surface area contributed by atoms with E-state index < -0.39 is 0 Å². The Morgan fingerprint density at radius 3 is 2.59 bits per heavy atom. The van der Waals surface area contributed by atoms with Crippen LogP contribution in [0.1, 0.15) is 22.3 Å². The third-order valence-electron chi connectivity index (χ3n) is 4.81. The molecule has 3 N–H and O–H groups in total. The van der Waals surface area contributed by atoms with E-state index in [1.54, 1.807) is 6.21 Å². The van der Waals surface area contributed by atoms with Crippen molar-refractivity contribution in [3.8, 4) is 5.75 Å². The zero-order chi connectivity index (χ0) is 22.2. The molecule has 0 unspecified atom stereocenters. The van der Waals surface area contributed by atoms with E-state index in [-0.39, 0.29) is 0 Å². The second kappa shape index (κ2) is 10.5. The molecule has 0 saturated heterocycles. The van der Waals surface area contributed by atoms with Crippen molar-refractivity contribution in [1.82, 2.24) is 14.9 Å². The van der Waals surface area contributed by atoms with Crippen molar-refractivity contribution in [1.29, 1.82) is 0 Å². The molecule has 0 aliphatic heterocycles. The number of anilines is 1. The highest BCUT2D eigenvalue weighted by molar-refractivity contribution is 7.98. The molecule has 7 nitrogen and oxygen atoms in total. The molecule has 4 aromatic rings. The van der Waals surface area contributed by atoms with Crippen LogP contribution in [-0.2, 0) is 12.4 Å². The maximum atomic E-state index is 6.14. The molecule has 32 heavy (non-hydrogen) atoms. The predicted molar refractivity (Wildman–Crippen MR) is 129 cm³/mol. The van der Waals surface area contributed by atoms with Crippen LogP contribution >= 0.6 is 11.8 Å². The Morgan fingerprint density at radius 1 is 1.00 bits per heavy atom. The number of ether oxygens (including phenoxy) is 1. The summed E-state index contributed by atoms with van der Waals surface area (Å²) in [5, 5.41) is 13.1. The summed E-state index contributed by atoms with van der Waals surface area (Å²) in [5.41, 5.74) is 7.27. The molecular weight excluding hydrogens is 420 g/mol. The van der Waals surface area contributed by atoms with E-state index in [2.05, 4.69) is 39.8 Å². The van der Waals surface area contributed by atoms with Gasteiger partial charge in [-0.15, -0.1) is 10.2 Å². The molecule has 1 heterocycles. The maximum Gasteiger partial charge on any atom is 0.264 e. The summed E-state index contributed by atoms with van der Waals surface area (Å²) in [6, 6.07) is 26.0. The molecule has 8 heteroatoms. The molecular formula is C24H24N6OS. The average Bonchev–Trinajstić information content (AvgIpc) is 3.18. The lowest BCUT2D eigenvalue weighted by atomic mass is 10.1. The summed E-state index contributed by atoms with van der Waals surface area (Å²) < 4.78 is 7.36. The van der Waals surface area contributed by atoms with Gasteiger partial charge in [-0.2, -0.15) is 5.10 Å². The first-order chi connectivity index (χ1) is 15.7. The van der Waals surface area contributed by atoms with Crippen LogP contribution in [0.25, 0.3) is 0 Å². The Kier molecular flexibility index (Phi) is 7.04. The van der Waals surface area contributed by atoms with Crippen molar-refractivity contribution < 1.29 is 4.74 Å². The minimum absolute atomic E-state index is 0.358. The van der Waals surface area contributed by atoms with Crippen LogP contribution < -0.4 is 16.0 Å². The van der Waals surface area contributed by atoms with Crippen molar-refractivity contribution in [2.24, 2.45) is 5.10 Å². The number of para-hydroxylation sites is 1. The number of hydrazone groups is 1. The van der Waals surface area contributed by atoms with Gasteiger partial charge in [0.05, 0.1) is 6.21 Å². The Bertz CT molecular complexity index is 1190. The van der Waals surface area contributed by atoms with Crippen LogP contribution in [0.2, 0.25) is 0 Å². The van der Waals surface area contributed by atoms with Crippen molar-refractivity contribution >= 4 is 23.9 Å². The molecule has 0 fully saturated rings. The van der Waals surface area contributed by atoms with Crippen LogP contribution in [0, 0.1) is 6.92 Å². The number of benzene rings is 3. The van der Waals surface area contributed by atoms with Gasteiger partial charge in [0.15, 0.2) is 0 Å². The third kappa shape index (κ3) is 5.47. The van der Waals surface area contributed by atoms with Gasteiger partial charge in [-0.3, -0.25) is 0 Å². The van der Waals surface area contributed by atoms with Crippen molar-refractivity contribution in [2.45, 2.75) is 24.4 Å². The van der Waals surface area contributed by atoms with Gasteiger partial charge in [0.2, 0.25) is 5.16 Å². The van der Waals surface area contributed by atoms with E-state index in [0.29, 0.717) is 17.7 Å². The molecule has 0 radical (unpaired) electrons. The lowest BCUT2D eigenvalue weighted by molar-refractivity contribution is 0.306. The van der Waals surface area contributed by atoms with Crippen molar-refractivity contribution in [2.75, 3.05) is 11.3 Å². The van der Waals surface area contributed by atoms with E-state index >= 15 is 0 Å². The number of aryl methyl sites for hydroxylation is 1. The van der Waals surface area contributed by atoms with E-state index in [1.165, 1.54) is 27.6 Å². The number of nitrogens with one attached hydrogen (secondary N) is 1. The van der Waals surface area contributed by atoms with Crippen LogP contribution in [-0.4, -0.2) is 21.1 Å². The molecule has 0 amide bonds. The molecule has 1 aromatic heterocycles. The first-order valence-corrected chi connectivity index (χ1v) is 11.1. The first kappa shape index (κ1) is 21.5. The van der Waals surface area contributed by atoms with Gasteiger partial charge in [0.1, 0.15) is 12.4 Å². The molecule has 4 rings (SSSR count). The maximum absolute atomic E-state index is 6.14. The summed E-state index contributed by atoms with van der Waals surface area (Å²) in [6.45, 7) is 2.57. The fourth-order valence-electron chi connectivity index (χ4n) is 2.98. The molecule has 162 valence electrons. The van der Waals surface area contributed by atoms with E-state index in [1.807, 2.05) is 66.7 Å². The summed E-state index contributed by atoms with van der Waals surface area (Å²) in [6.07, 6.45) is 1.68. The molecule has 0 bridgehead atoms. The van der Waals surface area contributed by atoms with Gasteiger partial charge in [-0.05, 0) is 35.7 Å². The lowest BCUT2D eigenvalue weighted by Gasteiger charge is -2.09. The van der Waals surface area contributed by atoms with Crippen LogP contribution in [0.15, 0.2) is 89.1 Å². The molecule has 0 saturated carbocycles. The third-order valence-corrected chi connectivity index (χ3v) is 5.80. The SMILES string of the molecule is Cc1ccccc1CSc1nnc(N/N=C/c2ccccc2OCc2ccccc2)n1N. The number of nitrogens with two attached hydrogens (primary N) is 1. The predicted octanol–water partition coefficient (Wildman–Crippen LogP) is 4.62. The Morgan fingerprint density at radius 2 is 1.75 bits per heavy atom. The summed E-state index contributed by atoms with van der Waals surface area (Å²) in [4.78, 5) is 0. The fourth-order valence-corrected chi connectivity index (χ4v) is 3.91. The number of rotatable bonds is 9. The van der Waals surface area contributed by atoms with E-state index in [0.717, 1.165) is 22.6 Å². The normalized spacial score (nSPS) is 11.0. The standard InChI is InChI=1S/C24H24N6OS/c1-18-9-5-6-13-21(18)17-32-24-29-28-23(30(24)25)27-26-15-20-12-7-8-14-22(20)31-16-19-10-3-2-4-11-19/h2-15H,16-17,25H2,1H3,(H,27,28)/b26-15+. The molecule has 0 atom stereocenters. The minimum atomic E-state index is 0.358. The number of aromatic nitrogens is 3. The van der Waals surface area contributed by atoms with Crippen LogP contribution in [0.3, 0.4) is 0 Å². The van der Waals surface area contributed by atoms with Gasteiger partial charge < -0.3 is 10.6 Å². The topological polar surface area (TPSA) is 90.4 Å². The van der Waals surface area contributed by atoms with Gasteiger partial charge in [0, 0.05) is 11.3 Å². The number of nitrogen functional groups attached to an aromatic ring is 1. The van der Waals surface area contributed by atoms with Crippen molar-refractivity contribution in [3.05, 3.63) is 101 Å². The molecule has 0 aliphatic carbocycles. The van der Waals surface area contributed by atoms with E-state index in [4.69, 9.17) is 10.6 Å². The largest absolute Gasteiger partial charge is 0.488 e. The summed E-state index contributed by atoms with van der Waals surface area (Å²) in [5.74, 6) is 8.00. The average molecular weight is 445 g/mol. The number of thioether (sulfide) groups is 1. The molecule has 0 aliphatic rings. The van der Waals surface area contributed by atoms with Gasteiger partial charge >= 0.3 is 0 Å². The Labute approximate surface area is 191 Å². The monoisotopic (exact) mass is 444 g/mol.